The number of nitrogens with two attached hydrogens (primary N) is 1. The van der Waals surface area contributed by atoms with Crippen molar-refractivity contribution < 1.29 is 34.2 Å². The van der Waals surface area contributed by atoms with Gasteiger partial charge in [-0.1, -0.05) is 54.4 Å². The van der Waals surface area contributed by atoms with E-state index in [2.05, 4.69) is 16.0 Å². The molecule has 11 heteroatoms. The summed E-state index contributed by atoms with van der Waals surface area (Å²) in [5.74, 6) is -5.08. The van der Waals surface area contributed by atoms with Crippen LogP contribution in [-0.2, 0) is 24.0 Å². The lowest BCUT2D eigenvalue weighted by Crippen LogP contribution is -2.60. The van der Waals surface area contributed by atoms with Crippen molar-refractivity contribution in [2.45, 2.75) is 91.4 Å². The first-order valence-corrected chi connectivity index (χ1v) is 11.4. The van der Waals surface area contributed by atoms with Crippen LogP contribution in [0.15, 0.2) is 0 Å². The largest absolute Gasteiger partial charge is 0.481 e. The van der Waals surface area contributed by atoms with Crippen LogP contribution in [0.2, 0.25) is 0 Å². The molecule has 0 saturated heterocycles. The normalized spacial score (nSPS) is 16.6. The minimum absolute atomic E-state index is 0.136. The van der Waals surface area contributed by atoms with Crippen LogP contribution in [0.4, 0.5) is 0 Å². The molecule has 0 aliphatic carbocycles. The number of carboxylic acid groups (broad SMARTS) is 2. The quantitative estimate of drug-likeness (QED) is 0.198. The smallest absolute Gasteiger partial charge is 0.326 e. The van der Waals surface area contributed by atoms with Gasteiger partial charge in [-0.3, -0.25) is 19.2 Å². The molecule has 0 rings (SSSR count). The molecule has 7 N–H and O–H groups in total. The van der Waals surface area contributed by atoms with Crippen LogP contribution in [0.25, 0.3) is 0 Å². The number of nitrogens with one attached hydrogen (secondary N) is 3. The van der Waals surface area contributed by atoms with E-state index < -0.39 is 60.2 Å². The van der Waals surface area contributed by atoms with E-state index in [0.29, 0.717) is 12.8 Å². The Morgan fingerprint density at radius 2 is 1.18 bits per heavy atom. The molecule has 3 amide bonds. The number of hydrogen-bond donors (Lipinski definition) is 6. The number of carbonyl (C=O) groups is 5. The Morgan fingerprint density at radius 3 is 1.55 bits per heavy atom. The van der Waals surface area contributed by atoms with Crippen LogP contribution in [0.1, 0.15) is 67.2 Å². The minimum Gasteiger partial charge on any atom is -0.481 e. The molecule has 0 fully saturated rings. The maximum atomic E-state index is 13.1. The highest BCUT2D eigenvalue weighted by Crippen LogP contribution is 2.13. The summed E-state index contributed by atoms with van der Waals surface area (Å²) < 4.78 is 0. The van der Waals surface area contributed by atoms with E-state index in [4.69, 9.17) is 10.8 Å². The van der Waals surface area contributed by atoms with Crippen LogP contribution in [-0.4, -0.2) is 64.0 Å². The molecular formula is C22H40N4O7. The van der Waals surface area contributed by atoms with Crippen LogP contribution < -0.4 is 21.7 Å². The Kier molecular flexibility index (Phi) is 13.3. The summed E-state index contributed by atoms with van der Waals surface area (Å²) in [7, 11) is 0. The zero-order valence-electron chi connectivity index (χ0n) is 20.4. The molecule has 33 heavy (non-hydrogen) atoms. The van der Waals surface area contributed by atoms with Crippen molar-refractivity contribution >= 4 is 29.7 Å². The van der Waals surface area contributed by atoms with E-state index >= 15 is 0 Å². The zero-order chi connectivity index (χ0) is 25.9. The lowest BCUT2D eigenvalue weighted by Gasteiger charge is -2.30. The molecule has 0 aromatic rings. The van der Waals surface area contributed by atoms with E-state index in [1.807, 2.05) is 13.8 Å². The van der Waals surface area contributed by atoms with E-state index in [1.54, 1.807) is 27.7 Å². The topological polar surface area (TPSA) is 188 Å². The first-order valence-electron chi connectivity index (χ1n) is 11.4. The van der Waals surface area contributed by atoms with Gasteiger partial charge in [-0.25, -0.2) is 4.79 Å². The predicted molar refractivity (Wildman–Crippen MR) is 122 cm³/mol. The van der Waals surface area contributed by atoms with Gasteiger partial charge in [0.1, 0.15) is 18.1 Å². The monoisotopic (exact) mass is 472 g/mol. The molecule has 0 saturated carbocycles. The average Bonchev–Trinajstić information content (AvgIpc) is 2.75. The fourth-order valence-electron chi connectivity index (χ4n) is 2.99. The Morgan fingerprint density at radius 1 is 0.758 bits per heavy atom. The summed E-state index contributed by atoms with van der Waals surface area (Å²) >= 11 is 0. The molecule has 0 radical (unpaired) electrons. The van der Waals surface area contributed by atoms with Crippen molar-refractivity contribution in [2.75, 3.05) is 0 Å². The second-order valence-electron chi connectivity index (χ2n) is 8.85. The number of hydrogen-bond acceptors (Lipinski definition) is 6. The van der Waals surface area contributed by atoms with Gasteiger partial charge in [-0.05, 0) is 24.2 Å². The molecule has 6 atom stereocenters. The first-order chi connectivity index (χ1) is 15.3. The number of amides is 3. The molecule has 0 spiro atoms. The molecule has 6 unspecified atom stereocenters. The standard InChI is InChI=1S/C22H40N4O7/c1-7-12(5)17(20(30)24-14(22(32)33)9-10-15(27)28)26-21(31)18(13(6)8-2)25-19(29)16(23)11(3)4/h11-14,16-18H,7-10,23H2,1-6H3,(H,24,30)(H,25,29)(H,26,31)(H,27,28)(H,32,33). The van der Waals surface area contributed by atoms with Crippen LogP contribution in [0.3, 0.4) is 0 Å². The van der Waals surface area contributed by atoms with Gasteiger partial charge in [0.25, 0.3) is 0 Å². The average molecular weight is 473 g/mol. The van der Waals surface area contributed by atoms with Gasteiger partial charge < -0.3 is 31.9 Å². The highest BCUT2D eigenvalue weighted by molar-refractivity contribution is 5.94. The van der Waals surface area contributed by atoms with E-state index in [9.17, 15) is 29.1 Å². The van der Waals surface area contributed by atoms with Gasteiger partial charge in [0, 0.05) is 6.42 Å². The molecule has 0 aromatic carbocycles. The van der Waals surface area contributed by atoms with Crippen molar-refractivity contribution in [2.24, 2.45) is 23.5 Å². The maximum Gasteiger partial charge on any atom is 0.326 e. The summed E-state index contributed by atoms with van der Waals surface area (Å²) in [5, 5.41) is 25.8. The Hall–Kier alpha value is -2.69. The van der Waals surface area contributed by atoms with E-state index in [0.717, 1.165) is 0 Å². The summed E-state index contributed by atoms with van der Waals surface area (Å²) in [6, 6.07) is -4.22. The van der Waals surface area contributed by atoms with Gasteiger partial charge in [-0.2, -0.15) is 0 Å². The lowest BCUT2D eigenvalue weighted by atomic mass is 9.94. The second-order valence-corrected chi connectivity index (χ2v) is 8.85. The predicted octanol–water partition coefficient (Wildman–Crippen LogP) is 0.466. The summed E-state index contributed by atoms with van der Waals surface area (Å²) in [5.41, 5.74) is 5.90. The Labute approximate surface area is 195 Å². The van der Waals surface area contributed by atoms with Gasteiger partial charge in [0.15, 0.2) is 0 Å². The zero-order valence-corrected chi connectivity index (χ0v) is 20.4. The summed E-state index contributed by atoms with van der Waals surface area (Å²) in [6.07, 6.45) is 0.349. The number of aliphatic carboxylic acids is 2. The lowest BCUT2D eigenvalue weighted by molar-refractivity contribution is -0.143. The summed E-state index contributed by atoms with van der Waals surface area (Å²) in [4.78, 5) is 60.7. The highest BCUT2D eigenvalue weighted by atomic mass is 16.4. The maximum absolute atomic E-state index is 13.1. The van der Waals surface area contributed by atoms with Crippen LogP contribution in [0, 0.1) is 17.8 Å². The van der Waals surface area contributed by atoms with Crippen molar-refractivity contribution in [3.05, 3.63) is 0 Å². The fourth-order valence-corrected chi connectivity index (χ4v) is 2.99. The highest BCUT2D eigenvalue weighted by Gasteiger charge is 2.34. The van der Waals surface area contributed by atoms with Crippen molar-refractivity contribution in [3.8, 4) is 0 Å². The molecule has 11 nitrogen and oxygen atoms in total. The van der Waals surface area contributed by atoms with Gasteiger partial charge >= 0.3 is 11.9 Å². The van der Waals surface area contributed by atoms with Crippen molar-refractivity contribution in [1.82, 2.24) is 16.0 Å². The van der Waals surface area contributed by atoms with Crippen molar-refractivity contribution in [1.29, 1.82) is 0 Å². The second kappa shape index (κ2) is 14.5. The van der Waals surface area contributed by atoms with Crippen LogP contribution >= 0.6 is 0 Å². The molecule has 0 aromatic heterocycles. The van der Waals surface area contributed by atoms with Crippen molar-refractivity contribution in [3.63, 3.8) is 0 Å². The molecular weight excluding hydrogens is 432 g/mol. The molecule has 0 aliphatic rings. The Balaban J connectivity index is 5.62. The Bertz CT molecular complexity index is 698. The van der Waals surface area contributed by atoms with Gasteiger partial charge in [-0.15, -0.1) is 0 Å². The van der Waals surface area contributed by atoms with E-state index in [1.165, 1.54) is 0 Å². The minimum atomic E-state index is -1.41. The third kappa shape index (κ3) is 10.2. The molecule has 0 aliphatic heterocycles. The number of rotatable bonds is 15. The number of carboxylic acids is 2. The SMILES string of the molecule is CCC(C)C(NC(=O)C(N)C(C)C)C(=O)NC(C(=O)NC(CCC(=O)O)C(=O)O)C(C)CC. The fraction of sp³-hybridized carbons (Fsp3) is 0.773. The number of carbonyl (C=O) groups excluding carboxylic acids is 3. The molecule has 190 valence electrons. The summed E-state index contributed by atoms with van der Waals surface area (Å²) in [6.45, 7) is 10.8. The third-order valence-corrected chi connectivity index (χ3v) is 5.87. The van der Waals surface area contributed by atoms with Gasteiger partial charge in [0.2, 0.25) is 17.7 Å². The molecule has 0 bridgehead atoms. The van der Waals surface area contributed by atoms with Crippen LogP contribution in [0.5, 0.6) is 0 Å². The van der Waals surface area contributed by atoms with Gasteiger partial charge in [0.05, 0.1) is 6.04 Å². The van der Waals surface area contributed by atoms with E-state index in [-0.39, 0.29) is 24.2 Å². The third-order valence-electron chi connectivity index (χ3n) is 5.87. The first kappa shape index (κ1) is 30.3. The molecule has 0 heterocycles.